The van der Waals surface area contributed by atoms with Gasteiger partial charge in [0.25, 0.3) is 0 Å². The highest BCUT2D eigenvalue weighted by atomic mass is 35.5. The third-order valence-corrected chi connectivity index (χ3v) is 3.72. The van der Waals surface area contributed by atoms with Crippen LogP contribution in [0.15, 0.2) is 42.5 Å². The average molecular weight is 312 g/mol. The predicted octanol–water partition coefficient (Wildman–Crippen LogP) is 4.51. The molecule has 0 fully saturated rings. The van der Waals surface area contributed by atoms with Gasteiger partial charge in [0, 0.05) is 16.1 Å². The first kappa shape index (κ1) is 15.3. The maximum absolute atomic E-state index is 13.8. The Hall–Kier alpha value is -1.09. The molecule has 2 aromatic carbocycles. The summed E-state index contributed by atoms with van der Waals surface area (Å²) in [5.74, 6) is -0.222. The highest BCUT2D eigenvalue weighted by Crippen LogP contribution is 2.18. The Morgan fingerprint density at radius 1 is 1.05 bits per heavy atom. The van der Waals surface area contributed by atoms with E-state index in [0.717, 1.165) is 12.0 Å². The van der Waals surface area contributed by atoms with Crippen molar-refractivity contribution in [2.75, 3.05) is 7.05 Å². The summed E-state index contributed by atoms with van der Waals surface area (Å²) in [4.78, 5) is 0. The Morgan fingerprint density at radius 2 is 1.80 bits per heavy atom. The van der Waals surface area contributed by atoms with Crippen LogP contribution in [-0.4, -0.2) is 13.1 Å². The van der Waals surface area contributed by atoms with E-state index in [-0.39, 0.29) is 11.9 Å². The van der Waals surface area contributed by atoms with Gasteiger partial charge in [-0.25, -0.2) is 4.39 Å². The highest BCUT2D eigenvalue weighted by Gasteiger charge is 2.12. The van der Waals surface area contributed by atoms with Crippen LogP contribution >= 0.6 is 23.2 Å². The van der Waals surface area contributed by atoms with Crippen LogP contribution in [-0.2, 0) is 12.8 Å². The van der Waals surface area contributed by atoms with Crippen LogP contribution in [0.5, 0.6) is 0 Å². The molecule has 0 spiro atoms. The van der Waals surface area contributed by atoms with Gasteiger partial charge in [0.05, 0.1) is 0 Å². The molecule has 0 amide bonds. The van der Waals surface area contributed by atoms with E-state index in [0.29, 0.717) is 22.0 Å². The monoisotopic (exact) mass is 311 g/mol. The molecule has 2 aromatic rings. The van der Waals surface area contributed by atoms with Gasteiger partial charge in [-0.15, -0.1) is 0 Å². The van der Waals surface area contributed by atoms with Crippen molar-refractivity contribution in [2.45, 2.75) is 18.9 Å². The zero-order valence-corrected chi connectivity index (χ0v) is 12.7. The molecule has 106 valence electrons. The lowest BCUT2D eigenvalue weighted by molar-refractivity contribution is 0.532. The SMILES string of the molecule is CNC(Cc1cccc(Cl)c1)Cc1cc(Cl)ccc1F. The summed E-state index contributed by atoms with van der Waals surface area (Å²) in [6.45, 7) is 0. The molecule has 1 atom stereocenters. The molecule has 0 radical (unpaired) electrons. The molecular formula is C16H16Cl2FN. The number of nitrogens with one attached hydrogen (secondary N) is 1. The van der Waals surface area contributed by atoms with Crippen LogP contribution < -0.4 is 5.32 Å². The summed E-state index contributed by atoms with van der Waals surface area (Å²) in [5, 5.41) is 4.48. The summed E-state index contributed by atoms with van der Waals surface area (Å²) in [6.07, 6.45) is 1.36. The lowest BCUT2D eigenvalue weighted by Crippen LogP contribution is -2.30. The molecule has 1 N–H and O–H groups in total. The van der Waals surface area contributed by atoms with Crippen molar-refractivity contribution >= 4 is 23.2 Å². The van der Waals surface area contributed by atoms with Crippen molar-refractivity contribution in [2.24, 2.45) is 0 Å². The molecule has 20 heavy (non-hydrogen) atoms. The van der Waals surface area contributed by atoms with Crippen LogP contribution in [0.3, 0.4) is 0 Å². The number of likely N-dealkylation sites (N-methyl/N-ethyl adjacent to an activating group) is 1. The summed E-state index contributed by atoms with van der Waals surface area (Å²) in [7, 11) is 1.87. The molecule has 2 rings (SSSR count). The van der Waals surface area contributed by atoms with E-state index in [1.807, 2.05) is 31.3 Å². The molecule has 1 unspecified atom stereocenters. The summed E-state index contributed by atoms with van der Waals surface area (Å²) in [6, 6.07) is 12.5. The second-order valence-electron chi connectivity index (χ2n) is 4.76. The van der Waals surface area contributed by atoms with Crippen molar-refractivity contribution < 1.29 is 4.39 Å². The third kappa shape index (κ3) is 4.20. The van der Waals surface area contributed by atoms with Crippen LogP contribution in [0.25, 0.3) is 0 Å². The quantitative estimate of drug-likeness (QED) is 0.857. The minimum Gasteiger partial charge on any atom is -0.316 e. The fourth-order valence-electron chi connectivity index (χ4n) is 2.19. The number of rotatable bonds is 5. The van der Waals surface area contributed by atoms with Gasteiger partial charge in [0.15, 0.2) is 0 Å². The normalized spacial score (nSPS) is 12.4. The topological polar surface area (TPSA) is 12.0 Å². The molecular weight excluding hydrogens is 296 g/mol. The first-order valence-corrected chi connectivity index (χ1v) is 7.19. The van der Waals surface area contributed by atoms with Gasteiger partial charge in [-0.1, -0.05) is 35.3 Å². The van der Waals surface area contributed by atoms with Gasteiger partial charge in [0.1, 0.15) is 5.82 Å². The van der Waals surface area contributed by atoms with Gasteiger partial charge in [-0.05, 0) is 61.3 Å². The van der Waals surface area contributed by atoms with Crippen LogP contribution in [0, 0.1) is 5.82 Å². The van der Waals surface area contributed by atoms with E-state index in [9.17, 15) is 4.39 Å². The standard InChI is InChI=1S/C16H16Cl2FN/c1-20-15(8-11-3-2-4-13(17)7-11)10-12-9-14(18)5-6-16(12)19/h2-7,9,15,20H,8,10H2,1H3. The second kappa shape index (κ2) is 7.07. The van der Waals surface area contributed by atoms with E-state index in [1.54, 1.807) is 12.1 Å². The molecule has 0 heterocycles. The zero-order chi connectivity index (χ0) is 14.5. The van der Waals surface area contributed by atoms with Crippen LogP contribution in [0.4, 0.5) is 4.39 Å². The Morgan fingerprint density at radius 3 is 2.50 bits per heavy atom. The molecule has 0 aromatic heterocycles. The Balaban J connectivity index is 2.11. The van der Waals surface area contributed by atoms with Gasteiger partial charge in [-0.2, -0.15) is 0 Å². The fraction of sp³-hybridized carbons (Fsp3) is 0.250. The van der Waals surface area contributed by atoms with Gasteiger partial charge in [-0.3, -0.25) is 0 Å². The smallest absolute Gasteiger partial charge is 0.126 e. The Kier molecular flexibility index (Phi) is 5.41. The van der Waals surface area contributed by atoms with Crippen LogP contribution in [0.1, 0.15) is 11.1 Å². The second-order valence-corrected chi connectivity index (χ2v) is 5.63. The van der Waals surface area contributed by atoms with Crippen molar-refractivity contribution in [3.63, 3.8) is 0 Å². The minimum atomic E-state index is -0.222. The summed E-state index contributed by atoms with van der Waals surface area (Å²) in [5.41, 5.74) is 1.75. The Bertz CT molecular complexity index is 586. The minimum absolute atomic E-state index is 0.126. The molecule has 1 nitrogen and oxygen atoms in total. The van der Waals surface area contributed by atoms with Gasteiger partial charge < -0.3 is 5.32 Å². The third-order valence-electron chi connectivity index (χ3n) is 3.25. The molecule has 0 bridgehead atoms. The summed E-state index contributed by atoms with van der Waals surface area (Å²) >= 11 is 11.9. The molecule has 4 heteroatoms. The van der Waals surface area contributed by atoms with E-state index < -0.39 is 0 Å². The maximum atomic E-state index is 13.8. The van der Waals surface area contributed by atoms with E-state index in [4.69, 9.17) is 23.2 Å². The highest BCUT2D eigenvalue weighted by molar-refractivity contribution is 6.30. The lowest BCUT2D eigenvalue weighted by Gasteiger charge is -2.17. The molecule has 0 saturated carbocycles. The molecule has 0 aliphatic heterocycles. The van der Waals surface area contributed by atoms with Gasteiger partial charge >= 0.3 is 0 Å². The number of benzene rings is 2. The average Bonchev–Trinajstić information content (AvgIpc) is 2.42. The fourth-order valence-corrected chi connectivity index (χ4v) is 2.60. The number of halogens is 3. The van der Waals surface area contributed by atoms with Crippen molar-refractivity contribution in [3.8, 4) is 0 Å². The van der Waals surface area contributed by atoms with Crippen molar-refractivity contribution in [1.29, 1.82) is 0 Å². The van der Waals surface area contributed by atoms with E-state index in [2.05, 4.69) is 5.32 Å². The predicted molar refractivity (Wildman–Crippen MR) is 83.1 cm³/mol. The van der Waals surface area contributed by atoms with E-state index >= 15 is 0 Å². The van der Waals surface area contributed by atoms with E-state index in [1.165, 1.54) is 6.07 Å². The largest absolute Gasteiger partial charge is 0.316 e. The first-order valence-electron chi connectivity index (χ1n) is 6.44. The Labute approximate surface area is 128 Å². The molecule has 0 aliphatic rings. The van der Waals surface area contributed by atoms with Gasteiger partial charge in [0.2, 0.25) is 0 Å². The van der Waals surface area contributed by atoms with Crippen LogP contribution in [0.2, 0.25) is 10.0 Å². The van der Waals surface area contributed by atoms with Crippen molar-refractivity contribution in [1.82, 2.24) is 5.32 Å². The number of hydrogen-bond acceptors (Lipinski definition) is 1. The molecule has 0 saturated heterocycles. The maximum Gasteiger partial charge on any atom is 0.126 e. The van der Waals surface area contributed by atoms with Crippen molar-refractivity contribution in [3.05, 3.63) is 69.5 Å². The molecule has 0 aliphatic carbocycles. The zero-order valence-electron chi connectivity index (χ0n) is 11.2. The number of hydrogen-bond donors (Lipinski definition) is 1. The lowest BCUT2D eigenvalue weighted by atomic mass is 9.99. The first-order chi connectivity index (χ1) is 9.58. The summed E-state index contributed by atoms with van der Waals surface area (Å²) < 4.78 is 13.8.